The van der Waals surface area contributed by atoms with Gasteiger partial charge in [-0.15, -0.1) is 0 Å². The van der Waals surface area contributed by atoms with E-state index in [0.29, 0.717) is 5.69 Å². The van der Waals surface area contributed by atoms with E-state index in [2.05, 4.69) is 0 Å². The van der Waals surface area contributed by atoms with Gasteiger partial charge in [-0.3, -0.25) is 24.0 Å². The molecule has 9 nitrogen and oxygen atoms in total. The summed E-state index contributed by atoms with van der Waals surface area (Å²) in [5.41, 5.74) is 0.181. The van der Waals surface area contributed by atoms with Crippen LogP contribution in [0.1, 0.15) is 26.7 Å². The highest BCUT2D eigenvalue weighted by molar-refractivity contribution is 7.92. The van der Waals surface area contributed by atoms with Crippen molar-refractivity contribution in [2.75, 3.05) is 17.5 Å². The molecule has 0 saturated heterocycles. The number of hydrogen-bond acceptors (Lipinski definition) is 7. The minimum Gasteiger partial charge on any atom is -0.465 e. The Morgan fingerprint density at radius 1 is 1.10 bits per heavy atom. The van der Waals surface area contributed by atoms with Crippen LogP contribution >= 0.6 is 0 Å². The zero-order valence-electron chi connectivity index (χ0n) is 17.3. The number of hydrogen-bond donors (Lipinski definition) is 0. The molecule has 0 saturated carbocycles. The highest BCUT2D eigenvalue weighted by Crippen LogP contribution is 2.26. The zero-order valence-corrected chi connectivity index (χ0v) is 18.1. The molecule has 1 atom stereocenters. The minimum atomic E-state index is -4.04. The first kappa shape index (κ1) is 24.0. The summed E-state index contributed by atoms with van der Waals surface area (Å²) >= 11 is 0. The molecule has 0 aliphatic rings. The maximum Gasteiger partial charge on any atom is 0.316 e. The molecule has 0 aromatic heterocycles. The largest absolute Gasteiger partial charge is 0.465 e. The third-order valence-corrected chi connectivity index (χ3v) is 6.44. The van der Waals surface area contributed by atoms with Gasteiger partial charge in [-0.25, -0.2) is 8.42 Å². The Bertz CT molecular complexity index is 1020. The fourth-order valence-corrected chi connectivity index (χ4v) is 4.52. The highest BCUT2D eigenvalue weighted by atomic mass is 32.2. The lowest BCUT2D eigenvalue weighted by molar-refractivity contribution is -0.384. The molecule has 2 aromatic carbocycles. The number of esters is 1. The predicted molar refractivity (Wildman–Crippen MR) is 114 cm³/mol. The lowest BCUT2D eigenvalue weighted by atomic mass is 9.99. The second-order valence-corrected chi connectivity index (χ2v) is 8.58. The van der Waals surface area contributed by atoms with E-state index in [1.54, 1.807) is 37.3 Å². The lowest BCUT2D eigenvalue weighted by Gasteiger charge is -2.25. The Labute approximate surface area is 180 Å². The Morgan fingerprint density at radius 3 is 2.23 bits per heavy atom. The Balaban J connectivity index is 2.28. The van der Waals surface area contributed by atoms with Crippen LogP contribution in [0.25, 0.3) is 0 Å². The lowest BCUT2D eigenvalue weighted by Crippen LogP contribution is -2.33. The number of carbonyl (C=O) groups is 2. The first-order valence-electron chi connectivity index (χ1n) is 9.67. The van der Waals surface area contributed by atoms with E-state index in [0.717, 1.165) is 16.4 Å². The van der Waals surface area contributed by atoms with Crippen molar-refractivity contribution in [1.29, 1.82) is 0 Å². The van der Waals surface area contributed by atoms with Crippen molar-refractivity contribution in [3.05, 3.63) is 64.7 Å². The average molecular weight is 448 g/mol. The maximum atomic E-state index is 13.3. The molecule has 0 spiro atoms. The number of nitrogens with zero attached hydrogens (tertiary/aromatic N) is 2. The molecule has 1 unspecified atom stereocenters. The number of benzene rings is 2. The van der Waals surface area contributed by atoms with E-state index in [1.165, 1.54) is 19.1 Å². The van der Waals surface area contributed by atoms with Crippen molar-refractivity contribution in [3.63, 3.8) is 0 Å². The van der Waals surface area contributed by atoms with Crippen LogP contribution in [0, 0.1) is 16.0 Å². The number of nitro benzene ring substituents is 1. The van der Waals surface area contributed by atoms with Gasteiger partial charge < -0.3 is 4.74 Å². The number of sulfonamides is 1. The van der Waals surface area contributed by atoms with Gasteiger partial charge in [-0.1, -0.05) is 18.2 Å². The fraction of sp³-hybridized carbons (Fsp3) is 0.333. The number of rotatable bonds is 11. The van der Waals surface area contributed by atoms with Crippen molar-refractivity contribution < 1.29 is 27.7 Å². The topological polar surface area (TPSA) is 124 Å². The summed E-state index contributed by atoms with van der Waals surface area (Å²) in [6, 6.07) is 13.0. The molecule has 0 aliphatic carbocycles. The van der Waals surface area contributed by atoms with Crippen LogP contribution in [0.15, 0.2) is 59.5 Å². The van der Waals surface area contributed by atoms with Crippen molar-refractivity contribution in [2.24, 2.45) is 5.92 Å². The van der Waals surface area contributed by atoms with Gasteiger partial charge in [0, 0.05) is 18.7 Å². The van der Waals surface area contributed by atoms with Gasteiger partial charge in [-0.05, 0) is 51.0 Å². The monoisotopic (exact) mass is 448 g/mol. The predicted octanol–water partition coefficient (Wildman–Crippen LogP) is 3.34. The molecule has 10 heteroatoms. The van der Waals surface area contributed by atoms with Gasteiger partial charge in [0.1, 0.15) is 11.7 Å². The molecule has 0 amide bonds. The van der Waals surface area contributed by atoms with Crippen molar-refractivity contribution in [3.8, 4) is 0 Å². The molecular formula is C21H24N2O7S. The van der Waals surface area contributed by atoms with Gasteiger partial charge in [0.25, 0.3) is 15.7 Å². The fourth-order valence-electron chi connectivity index (χ4n) is 3.02. The Morgan fingerprint density at radius 2 is 1.71 bits per heavy atom. The number of ketones is 1. The van der Waals surface area contributed by atoms with E-state index in [-0.39, 0.29) is 42.4 Å². The highest BCUT2D eigenvalue weighted by Gasteiger charge is 2.28. The maximum absolute atomic E-state index is 13.3. The quantitative estimate of drug-likeness (QED) is 0.223. The van der Waals surface area contributed by atoms with E-state index >= 15 is 0 Å². The van der Waals surface area contributed by atoms with Crippen LogP contribution in [0.5, 0.6) is 0 Å². The second-order valence-electron chi connectivity index (χ2n) is 6.72. The molecule has 2 rings (SSSR count). The van der Waals surface area contributed by atoms with Crippen LogP contribution < -0.4 is 4.31 Å². The Kier molecular flexibility index (Phi) is 8.26. The number of nitro groups is 1. The molecule has 0 bridgehead atoms. The molecule has 2 aromatic rings. The van der Waals surface area contributed by atoms with Crippen LogP contribution in [0.2, 0.25) is 0 Å². The third kappa shape index (κ3) is 6.11. The van der Waals surface area contributed by atoms with Gasteiger partial charge in [0.05, 0.1) is 22.1 Å². The van der Waals surface area contributed by atoms with Gasteiger partial charge in [0.15, 0.2) is 0 Å². The molecule has 0 radical (unpaired) electrons. The Hall–Kier alpha value is -3.27. The molecule has 0 fully saturated rings. The number of non-ortho nitro benzene ring substituents is 1. The van der Waals surface area contributed by atoms with Crippen molar-refractivity contribution in [2.45, 2.75) is 31.6 Å². The summed E-state index contributed by atoms with van der Waals surface area (Å²) in [7, 11) is -4.04. The molecule has 31 heavy (non-hydrogen) atoms. The summed E-state index contributed by atoms with van der Waals surface area (Å²) in [5.74, 6) is -1.93. The van der Waals surface area contributed by atoms with Crippen LogP contribution in [0.3, 0.4) is 0 Å². The summed E-state index contributed by atoms with van der Waals surface area (Å²) in [5, 5.41) is 10.9. The van der Waals surface area contributed by atoms with Crippen molar-refractivity contribution in [1.82, 2.24) is 0 Å². The average Bonchev–Trinajstić information content (AvgIpc) is 2.74. The normalized spacial score (nSPS) is 12.1. The third-order valence-electron chi connectivity index (χ3n) is 4.60. The summed E-state index contributed by atoms with van der Waals surface area (Å²) in [6.45, 7) is 3.09. The molecule has 0 heterocycles. The standard InChI is InChI=1S/C21H24N2O7S/c1-3-30-21(25)20(16(2)24)10-7-15-22(17-8-5-4-6-9-17)31(28,29)19-13-11-18(12-14-19)23(26)27/h4-6,8-9,11-14,20H,3,7,10,15H2,1-2H3. The smallest absolute Gasteiger partial charge is 0.316 e. The molecule has 0 aliphatic heterocycles. The van der Waals surface area contributed by atoms with E-state index < -0.39 is 26.8 Å². The number of para-hydroxylation sites is 1. The summed E-state index contributed by atoms with van der Waals surface area (Å²) in [6.07, 6.45) is 0.359. The van der Waals surface area contributed by atoms with E-state index in [1.807, 2.05) is 0 Å². The first-order chi connectivity index (χ1) is 14.7. The molecule has 0 N–H and O–H groups in total. The van der Waals surface area contributed by atoms with Gasteiger partial charge in [-0.2, -0.15) is 0 Å². The molecular weight excluding hydrogens is 424 g/mol. The van der Waals surface area contributed by atoms with Gasteiger partial charge >= 0.3 is 5.97 Å². The zero-order chi connectivity index (χ0) is 23.0. The number of Topliss-reactive ketones (excluding diaryl/α,β-unsaturated/α-hetero) is 1. The van der Waals surface area contributed by atoms with Crippen LogP contribution in [0.4, 0.5) is 11.4 Å². The van der Waals surface area contributed by atoms with Crippen molar-refractivity contribution >= 4 is 33.2 Å². The first-order valence-corrected chi connectivity index (χ1v) is 11.1. The number of ether oxygens (including phenoxy) is 1. The number of anilines is 1. The van der Waals surface area contributed by atoms with E-state index in [9.17, 15) is 28.1 Å². The van der Waals surface area contributed by atoms with Crippen LogP contribution in [-0.4, -0.2) is 38.2 Å². The van der Waals surface area contributed by atoms with Gasteiger partial charge in [0.2, 0.25) is 0 Å². The molecule has 166 valence electrons. The SMILES string of the molecule is CCOC(=O)C(CCCN(c1ccccc1)S(=O)(=O)c1ccc([N+](=O)[O-])cc1)C(C)=O. The number of carbonyl (C=O) groups excluding carboxylic acids is 2. The summed E-state index contributed by atoms with van der Waals surface area (Å²) < 4.78 is 32.6. The van der Waals surface area contributed by atoms with Crippen LogP contribution in [-0.2, 0) is 24.3 Å². The summed E-state index contributed by atoms with van der Waals surface area (Å²) in [4.78, 5) is 34.0. The second kappa shape index (κ2) is 10.7. The minimum absolute atomic E-state index is 0.00647. The van der Waals surface area contributed by atoms with E-state index in [4.69, 9.17) is 4.74 Å².